The second-order valence-electron chi connectivity index (χ2n) is 6.32. The zero-order valence-corrected chi connectivity index (χ0v) is 15.1. The SMILES string of the molecule is Cc1ccc(Oc2ccc(-c3nnc(C)n3-c3ccc(F)cc3)cc2)cc1. The Morgan fingerprint density at radius 3 is 1.96 bits per heavy atom. The van der Waals surface area contributed by atoms with Crippen LogP contribution in [0.15, 0.2) is 72.8 Å². The van der Waals surface area contributed by atoms with Gasteiger partial charge in [0.05, 0.1) is 0 Å². The van der Waals surface area contributed by atoms with Gasteiger partial charge in [-0.15, -0.1) is 10.2 Å². The van der Waals surface area contributed by atoms with Gasteiger partial charge in [0.2, 0.25) is 0 Å². The molecule has 0 radical (unpaired) electrons. The van der Waals surface area contributed by atoms with Crippen LogP contribution in [-0.4, -0.2) is 14.8 Å². The highest BCUT2D eigenvalue weighted by atomic mass is 19.1. The van der Waals surface area contributed by atoms with E-state index in [1.165, 1.54) is 17.7 Å². The fourth-order valence-electron chi connectivity index (χ4n) is 2.86. The maximum absolute atomic E-state index is 13.2. The number of hydrogen-bond donors (Lipinski definition) is 0. The van der Waals surface area contributed by atoms with Crippen LogP contribution in [0.1, 0.15) is 11.4 Å². The third-order valence-corrected chi connectivity index (χ3v) is 4.28. The average molecular weight is 359 g/mol. The van der Waals surface area contributed by atoms with Crippen LogP contribution in [0.3, 0.4) is 0 Å². The largest absolute Gasteiger partial charge is 0.457 e. The highest BCUT2D eigenvalue weighted by Crippen LogP contribution is 2.27. The molecule has 1 heterocycles. The van der Waals surface area contributed by atoms with Gasteiger partial charge in [0, 0.05) is 11.3 Å². The molecule has 4 aromatic rings. The van der Waals surface area contributed by atoms with Crippen molar-refractivity contribution in [2.24, 2.45) is 0 Å². The van der Waals surface area contributed by atoms with Crippen molar-refractivity contribution in [3.8, 4) is 28.6 Å². The van der Waals surface area contributed by atoms with Crippen molar-refractivity contribution in [2.75, 3.05) is 0 Å². The van der Waals surface area contributed by atoms with Gasteiger partial charge in [0.1, 0.15) is 23.1 Å². The summed E-state index contributed by atoms with van der Waals surface area (Å²) in [6.45, 7) is 3.91. The molecule has 134 valence electrons. The summed E-state index contributed by atoms with van der Waals surface area (Å²) < 4.78 is 21.0. The van der Waals surface area contributed by atoms with E-state index in [0.717, 1.165) is 28.6 Å². The van der Waals surface area contributed by atoms with Crippen LogP contribution in [-0.2, 0) is 0 Å². The average Bonchev–Trinajstić information content (AvgIpc) is 3.06. The molecule has 3 aromatic carbocycles. The molecular formula is C22H18FN3O. The lowest BCUT2D eigenvalue weighted by molar-refractivity contribution is 0.482. The molecule has 27 heavy (non-hydrogen) atoms. The summed E-state index contributed by atoms with van der Waals surface area (Å²) in [6, 6.07) is 21.9. The van der Waals surface area contributed by atoms with Crippen molar-refractivity contribution in [1.82, 2.24) is 14.8 Å². The first-order valence-corrected chi connectivity index (χ1v) is 8.63. The Kier molecular flexibility index (Phi) is 4.42. The lowest BCUT2D eigenvalue weighted by atomic mass is 10.2. The van der Waals surface area contributed by atoms with E-state index in [9.17, 15) is 4.39 Å². The van der Waals surface area contributed by atoms with Crippen LogP contribution in [0, 0.1) is 19.7 Å². The van der Waals surface area contributed by atoms with Crippen LogP contribution in [0.25, 0.3) is 17.1 Å². The minimum atomic E-state index is -0.274. The van der Waals surface area contributed by atoms with Crippen molar-refractivity contribution < 1.29 is 9.13 Å². The minimum absolute atomic E-state index is 0.274. The molecule has 0 aliphatic heterocycles. The first-order chi connectivity index (χ1) is 13.1. The number of hydrogen-bond acceptors (Lipinski definition) is 3. The van der Waals surface area contributed by atoms with Crippen molar-refractivity contribution in [2.45, 2.75) is 13.8 Å². The van der Waals surface area contributed by atoms with Gasteiger partial charge in [0.25, 0.3) is 0 Å². The van der Waals surface area contributed by atoms with E-state index >= 15 is 0 Å². The van der Waals surface area contributed by atoms with E-state index in [1.54, 1.807) is 12.1 Å². The molecule has 0 bridgehead atoms. The fourth-order valence-corrected chi connectivity index (χ4v) is 2.86. The van der Waals surface area contributed by atoms with Crippen molar-refractivity contribution >= 4 is 0 Å². The number of benzene rings is 3. The first kappa shape index (κ1) is 17.0. The molecule has 5 heteroatoms. The molecule has 0 saturated carbocycles. The van der Waals surface area contributed by atoms with Gasteiger partial charge in [-0.25, -0.2) is 4.39 Å². The zero-order valence-electron chi connectivity index (χ0n) is 15.1. The van der Waals surface area contributed by atoms with Crippen molar-refractivity contribution in [1.29, 1.82) is 0 Å². The quantitative estimate of drug-likeness (QED) is 0.484. The maximum Gasteiger partial charge on any atom is 0.168 e. The molecule has 0 fully saturated rings. The van der Waals surface area contributed by atoms with E-state index in [2.05, 4.69) is 10.2 Å². The van der Waals surface area contributed by atoms with Gasteiger partial charge in [0.15, 0.2) is 5.82 Å². The molecule has 0 N–H and O–H groups in total. The van der Waals surface area contributed by atoms with Gasteiger partial charge >= 0.3 is 0 Å². The van der Waals surface area contributed by atoms with Crippen LogP contribution < -0.4 is 4.74 Å². The number of ether oxygens (including phenoxy) is 1. The molecule has 0 unspecified atom stereocenters. The Hall–Kier alpha value is -3.47. The van der Waals surface area contributed by atoms with E-state index in [0.29, 0.717) is 5.82 Å². The summed E-state index contributed by atoms with van der Waals surface area (Å²) >= 11 is 0. The molecule has 0 saturated heterocycles. The Labute approximate surface area is 156 Å². The topological polar surface area (TPSA) is 39.9 Å². The summed E-state index contributed by atoms with van der Waals surface area (Å²) in [5.74, 6) is 2.69. The van der Waals surface area contributed by atoms with E-state index < -0.39 is 0 Å². The normalized spacial score (nSPS) is 10.8. The highest BCUT2D eigenvalue weighted by molar-refractivity contribution is 5.60. The third kappa shape index (κ3) is 3.58. The molecule has 1 aromatic heterocycles. The van der Waals surface area contributed by atoms with E-state index in [-0.39, 0.29) is 5.82 Å². The third-order valence-electron chi connectivity index (χ3n) is 4.28. The van der Waals surface area contributed by atoms with Crippen molar-refractivity contribution in [3.63, 3.8) is 0 Å². The Morgan fingerprint density at radius 2 is 1.33 bits per heavy atom. The Morgan fingerprint density at radius 1 is 0.741 bits per heavy atom. The minimum Gasteiger partial charge on any atom is -0.457 e. The van der Waals surface area contributed by atoms with Gasteiger partial charge in [-0.3, -0.25) is 4.57 Å². The first-order valence-electron chi connectivity index (χ1n) is 8.63. The van der Waals surface area contributed by atoms with Gasteiger partial charge in [-0.1, -0.05) is 17.7 Å². The zero-order chi connectivity index (χ0) is 18.8. The Balaban J connectivity index is 1.63. The molecule has 4 rings (SSSR count). The molecular weight excluding hydrogens is 341 g/mol. The van der Waals surface area contributed by atoms with Crippen molar-refractivity contribution in [3.05, 3.63) is 90.0 Å². The number of aryl methyl sites for hydroxylation is 2. The van der Waals surface area contributed by atoms with Gasteiger partial charge < -0.3 is 4.74 Å². The number of halogens is 1. The summed E-state index contributed by atoms with van der Waals surface area (Å²) in [4.78, 5) is 0. The van der Waals surface area contributed by atoms with Crippen LogP contribution in [0.2, 0.25) is 0 Å². The molecule has 0 aliphatic carbocycles. The predicted molar refractivity (Wildman–Crippen MR) is 103 cm³/mol. The fraction of sp³-hybridized carbons (Fsp3) is 0.0909. The lowest BCUT2D eigenvalue weighted by Gasteiger charge is -2.10. The number of rotatable bonds is 4. The molecule has 0 atom stereocenters. The summed E-state index contributed by atoms with van der Waals surface area (Å²) in [5, 5.41) is 8.46. The highest BCUT2D eigenvalue weighted by Gasteiger charge is 2.13. The van der Waals surface area contributed by atoms with E-state index in [1.807, 2.05) is 66.9 Å². The van der Waals surface area contributed by atoms with Crippen LogP contribution >= 0.6 is 0 Å². The van der Waals surface area contributed by atoms with E-state index in [4.69, 9.17) is 4.74 Å². The number of aromatic nitrogens is 3. The molecule has 0 spiro atoms. The standard InChI is InChI=1S/C22H18FN3O/c1-15-3-11-20(12-4-15)27-21-13-5-17(6-14-21)22-25-24-16(2)26(22)19-9-7-18(23)8-10-19/h3-14H,1-2H3. The molecule has 4 nitrogen and oxygen atoms in total. The molecule has 0 amide bonds. The second kappa shape index (κ2) is 7.03. The monoisotopic (exact) mass is 359 g/mol. The second-order valence-corrected chi connectivity index (χ2v) is 6.32. The Bertz CT molecular complexity index is 1050. The number of nitrogens with zero attached hydrogens (tertiary/aromatic N) is 3. The summed E-state index contributed by atoms with van der Waals surface area (Å²) in [7, 11) is 0. The van der Waals surface area contributed by atoms with Gasteiger partial charge in [-0.2, -0.15) is 0 Å². The summed E-state index contributed by atoms with van der Waals surface area (Å²) in [5.41, 5.74) is 2.90. The van der Waals surface area contributed by atoms with Crippen LogP contribution in [0.4, 0.5) is 4.39 Å². The predicted octanol–water partition coefficient (Wildman–Crippen LogP) is 5.48. The van der Waals surface area contributed by atoms with Crippen LogP contribution in [0.5, 0.6) is 11.5 Å². The lowest BCUT2D eigenvalue weighted by Crippen LogP contribution is -2.00. The smallest absolute Gasteiger partial charge is 0.168 e. The van der Waals surface area contributed by atoms with Gasteiger partial charge in [-0.05, 0) is 74.5 Å². The summed E-state index contributed by atoms with van der Waals surface area (Å²) in [6.07, 6.45) is 0. The maximum atomic E-state index is 13.2. The molecule has 0 aliphatic rings.